The molecule has 1 saturated carbocycles. The van der Waals surface area contributed by atoms with E-state index in [1.54, 1.807) is 12.1 Å². The molecular formula is C15H20BrFOS. The Morgan fingerprint density at radius 2 is 1.89 bits per heavy atom. The van der Waals surface area contributed by atoms with Gasteiger partial charge in [0, 0.05) is 5.41 Å². The second kappa shape index (κ2) is 6.98. The molecule has 1 aliphatic rings. The van der Waals surface area contributed by atoms with Gasteiger partial charge in [0.1, 0.15) is 11.6 Å². The van der Waals surface area contributed by atoms with E-state index in [1.807, 2.05) is 0 Å². The molecule has 4 heteroatoms. The van der Waals surface area contributed by atoms with Crippen LogP contribution in [0, 0.1) is 11.2 Å². The minimum atomic E-state index is -0.259. The molecule has 0 heterocycles. The lowest BCUT2D eigenvalue weighted by Gasteiger charge is -2.31. The number of rotatable bonds is 4. The Labute approximate surface area is 128 Å². The fraction of sp³-hybridized carbons (Fsp3) is 0.600. The molecule has 1 aromatic rings. The molecule has 1 aliphatic carbocycles. The van der Waals surface area contributed by atoms with Crippen molar-refractivity contribution >= 4 is 28.6 Å². The molecule has 0 N–H and O–H groups in total. The number of ether oxygens (including phenoxy) is 1. The molecule has 2 rings (SSSR count). The van der Waals surface area contributed by atoms with E-state index < -0.39 is 0 Å². The predicted molar refractivity (Wildman–Crippen MR) is 83.6 cm³/mol. The lowest BCUT2D eigenvalue weighted by atomic mass is 9.83. The summed E-state index contributed by atoms with van der Waals surface area (Å²) in [7, 11) is 0. The van der Waals surface area contributed by atoms with Gasteiger partial charge < -0.3 is 4.74 Å². The molecule has 0 radical (unpaired) electrons. The fourth-order valence-corrected chi connectivity index (χ4v) is 3.40. The van der Waals surface area contributed by atoms with Crippen molar-refractivity contribution in [2.45, 2.75) is 38.5 Å². The van der Waals surface area contributed by atoms with E-state index in [-0.39, 0.29) is 11.2 Å². The highest BCUT2D eigenvalue weighted by Crippen LogP contribution is 2.37. The Morgan fingerprint density at radius 3 is 2.47 bits per heavy atom. The van der Waals surface area contributed by atoms with Gasteiger partial charge in [-0.2, -0.15) is 12.6 Å². The van der Waals surface area contributed by atoms with Gasteiger partial charge in [-0.05, 0) is 52.7 Å². The van der Waals surface area contributed by atoms with E-state index in [0.717, 1.165) is 11.5 Å². The average molecular weight is 347 g/mol. The molecular weight excluding hydrogens is 327 g/mol. The first kappa shape index (κ1) is 15.2. The highest BCUT2D eigenvalue weighted by atomic mass is 79.9. The predicted octanol–water partition coefficient (Wildman–Crippen LogP) is 5.24. The Balaban J connectivity index is 2.00. The minimum absolute atomic E-state index is 0.181. The smallest absolute Gasteiger partial charge is 0.137 e. The third-order valence-corrected chi connectivity index (χ3v) is 5.21. The van der Waals surface area contributed by atoms with Crippen molar-refractivity contribution in [3.8, 4) is 5.75 Å². The Kier molecular flexibility index (Phi) is 5.58. The Hall–Kier alpha value is -0.220. The van der Waals surface area contributed by atoms with E-state index in [2.05, 4.69) is 28.6 Å². The lowest BCUT2D eigenvalue weighted by Crippen LogP contribution is -2.30. The summed E-state index contributed by atoms with van der Waals surface area (Å²) in [6.45, 7) is 0.675. The van der Waals surface area contributed by atoms with Crippen molar-refractivity contribution in [1.82, 2.24) is 0 Å². The number of hydrogen-bond donors (Lipinski definition) is 1. The fourth-order valence-electron chi connectivity index (χ4n) is 2.63. The molecule has 1 aromatic carbocycles. The zero-order valence-corrected chi connectivity index (χ0v) is 13.5. The second-order valence-electron chi connectivity index (χ2n) is 5.44. The van der Waals surface area contributed by atoms with E-state index in [1.165, 1.54) is 44.6 Å². The standard InChI is InChI=1S/C15H20BrFOS/c16-13-9-12(5-6-14(13)17)18-10-15(11-19)7-3-1-2-4-8-15/h5-6,9,19H,1-4,7-8,10-11H2. The van der Waals surface area contributed by atoms with Gasteiger partial charge in [0.15, 0.2) is 0 Å². The third kappa shape index (κ3) is 4.12. The van der Waals surface area contributed by atoms with Crippen LogP contribution in [0.2, 0.25) is 0 Å². The summed E-state index contributed by atoms with van der Waals surface area (Å²) in [5.41, 5.74) is 0.181. The van der Waals surface area contributed by atoms with Crippen molar-refractivity contribution in [3.63, 3.8) is 0 Å². The molecule has 0 atom stereocenters. The number of hydrogen-bond acceptors (Lipinski definition) is 2. The number of thiol groups is 1. The van der Waals surface area contributed by atoms with Crippen LogP contribution in [0.15, 0.2) is 22.7 Å². The molecule has 106 valence electrons. The van der Waals surface area contributed by atoms with Gasteiger partial charge in [0.2, 0.25) is 0 Å². The van der Waals surface area contributed by atoms with Crippen LogP contribution >= 0.6 is 28.6 Å². The van der Waals surface area contributed by atoms with Crippen molar-refractivity contribution in [2.75, 3.05) is 12.4 Å². The average Bonchev–Trinajstić information content (AvgIpc) is 2.66. The van der Waals surface area contributed by atoms with Crippen molar-refractivity contribution in [3.05, 3.63) is 28.5 Å². The van der Waals surface area contributed by atoms with Crippen molar-refractivity contribution < 1.29 is 9.13 Å². The Morgan fingerprint density at radius 1 is 1.21 bits per heavy atom. The van der Waals surface area contributed by atoms with Crippen LogP contribution in [-0.2, 0) is 0 Å². The SMILES string of the molecule is Fc1ccc(OCC2(CS)CCCCCC2)cc1Br. The quantitative estimate of drug-likeness (QED) is 0.579. The molecule has 1 nitrogen and oxygen atoms in total. The van der Waals surface area contributed by atoms with E-state index in [0.29, 0.717) is 11.1 Å². The summed E-state index contributed by atoms with van der Waals surface area (Å²) < 4.78 is 19.5. The summed E-state index contributed by atoms with van der Waals surface area (Å²) in [6.07, 6.45) is 7.51. The van der Waals surface area contributed by atoms with Crippen LogP contribution in [-0.4, -0.2) is 12.4 Å². The zero-order chi connectivity index (χ0) is 13.7. The van der Waals surface area contributed by atoms with Gasteiger partial charge in [0.05, 0.1) is 11.1 Å². The normalized spacial score (nSPS) is 18.9. The van der Waals surface area contributed by atoms with E-state index in [9.17, 15) is 4.39 Å². The summed E-state index contributed by atoms with van der Waals surface area (Å²) in [5, 5.41) is 0. The molecule has 0 aliphatic heterocycles. The van der Waals surface area contributed by atoms with Gasteiger partial charge in [-0.1, -0.05) is 25.7 Å². The highest BCUT2D eigenvalue weighted by molar-refractivity contribution is 9.10. The zero-order valence-electron chi connectivity index (χ0n) is 11.0. The molecule has 0 aromatic heterocycles. The largest absolute Gasteiger partial charge is 0.493 e. The molecule has 0 spiro atoms. The number of halogens is 2. The molecule has 19 heavy (non-hydrogen) atoms. The third-order valence-electron chi connectivity index (χ3n) is 3.94. The summed E-state index contributed by atoms with van der Waals surface area (Å²) >= 11 is 7.72. The molecule has 0 amide bonds. The first-order valence-corrected chi connectivity index (χ1v) is 8.26. The van der Waals surface area contributed by atoms with E-state index >= 15 is 0 Å². The van der Waals surface area contributed by atoms with Gasteiger partial charge in [-0.3, -0.25) is 0 Å². The maximum atomic E-state index is 13.2. The number of benzene rings is 1. The van der Waals surface area contributed by atoms with Gasteiger partial charge in [-0.15, -0.1) is 0 Å². The Bertz CT molecular complexity index is 417. The summed E-state index contributed by atoms with van der Waals surface area (Å²) in [5.74, 6) is 1.32. The molecule has 0 unspecified atom stereocenters. The maximum Gasteiger partial charge on any atom is 0.137 e. The summed E-state index contributed by atoms with van der Waals surface area (Å²) in [4.78, 5) is 0. The second-order valence-corrected chi connectivity index (χ2v) is 6.61. The van der Waals surface area contributed by atoms with Gasteiger partial charge >= 0.3 is 0 Å². The van der Waals surface area contributed by atoms with Crippen molar-refractivity contribution in [1.29, 1.82) is 0 Å². The first-order valence-electron chi connectivity index (χ1n) is 6.84. The van der Waals surface area contributed by atoms with Crippen LogP contribution < -0.4 is 4.74 Å². The highest BCUT2D eigenvalue weighted by Gasteiger charge is 2.30. The molecule has 1 fully saturated rings. The first-order chi connectivity index (χ1) is 9.15. The lowest BCUT2D eigenvalue weighted by molar-refractivity contribution is 0.148. The van der Waals surface area contributed by atoms with Crippen molar-refractivity contribution in [2.24, 2.45) is 5.41 Å². The minimum Gasteiger partial charge on any atom is -0.493 e. The van der Waals surface area contributed by atoms with Crippen LogP contribution in [0.3, 0.4) is 0 Å². The van der Waals surface area contributed by atoms with Gasteiger partial charge in [0.25, 0.3) is 0 Å². The van der Waals surface area contributed by atoms with Crippen LogP contribution in [0.1, 0.15) is 38.5 Å². The van der Waals surface area contributed by atoms with Gasteiger partial charge in [-0.25, -0.2) is 4.39 Å². The monoisotopic (exact) mass is 346 g/mol. The van der Waals surface area contributed by atoms with Crippen LogP contribution in [0.4, 0.5) is 4.39 Å². The molecule has 0 bridgehead atoms. The maximum absolute atomic E-state index is 13.2. The van der Waals surface area contributed by atoms with Crippen LogP contribution in [0.25, 0.3) is 0 Å². The topological polar surface area (TPSA) is 9.23 Å². The van der Waals surface area contributed by atoms with E-state index in [4.69, 9.17) is 4.74 Å². The summed E-state index contributed by atoms with van der Waals surface area (Å²) in [6, 6.07) is 4.81. The van der Waals surface area contributed by atoms with Crippen LogP contribution in [0.5, 0.6) is 5.75 Å². The molecule has 0 saturated heterocycles.